The topological polar surface area (TPSA) is 43.6 Å². The normalized spacial score (nSPS) is 12.8. The molecule has 2 heterocycles. The van der Waals surface area contributed by atoms with Crippen LogP contribution in [0.1, 0.15) is 22.5 Å². The second-order valence-electron chi connectivity index (χ2n) is 14.3. The molecule has 1 aliphatic rings. The Morgan fingerprint density at radius 2 is 0.875 bits per heavy atom. The van der Waals surface area contributed by atoms with Gasteiger partial charge in [-0.2, -0.15) is 0 Å². The fourth-order valence-corrected chi connectivity index (χ4v) is 8.90. The smallest absolute Gasteiger partial charge is 0.164 e. The van der Waals surface area contributed by atoms with Gasteiger partial charge >= 0.3 is 0 Å². The van der Waals surface area contributed by atoms with E-state index in [0.717, 1.165) is 60.9 Å². The molecule has 0 spiro atoms. The third-order valence-corrected chi connectivity index (χ3v) is 11.3. The van der Waals surface area contributed by atoms with Crippen LogP contribution in [0.3, 0.4) is 0 Å². The standard InChI is InChI=1S/C52H34N4/c1-4-17-35(18-5-1)36-31-33-38(34-32-36)52(44-27-13-10-23-40(44)41-24-11-14-28-45(41)52)51-54-49(37-19-6-2-7-20-37)53-50(55-51)43-26-16-30-47-48(43)42-25-12-15-29-46(42)56(47)39-21-8-3-9-22-39/h1-34H. The number of aromatic nitrogens is 4. The van der Waals surface area contributed by atoms with Crippen LogP contribution in [0.15, 0.2) is 206 Å². The fourth-order valence-electron chi connectivity index (χ4n) is 8.90. The van der Waals surface area contributed by atoms with Crippen molar-refractivity contribution >= 4 is 21.8 Å². The van der Waals surface area contributed by atoms with E-state index in [1.807, 2.05) is 18.2 Å². The van der Waals surface area contributed by atoms with E-state index in [9.17, 15) is 0 Å². The van der Waals surface area contributed by atoms with Gasteiger partial charge < -0.3 is 4.57 Å². The zero-order chi connectivity index (χ0) is 37.1. The van der Waals surface area contributed by atoms with Crippen LogP contribution in [0.5, 0.6) is 0 Å². The Bertz CT molecular complexity index is 3010. The molecule has 0 saturated heterocycles. The van der Waals surface area contributed by atoms with E-state index in [1.54, 1.807) is 0 Å². The van der Waals surface area contributed by atoms with Crippen molar-refractivity contribution in [2.75, 3.05) is 0 Å². The summed E-state index contributed by atoms with van der Waals surface area (Å²) in [5.41, 5.74) is 12.5. The first kappa shape index (κ1) is 32.0. The molecular weight excluding hydrogens is 681 g/mol. The van der Waals surface area contributed by atoms with Gasteiger partial charge in [0.2, 0.25) is 0 Å². The van der Waals surface area contributed by atoms with Crippen LogP contribution >= 0.6 is 0 Å². The van der Waals surface area contributed by atoms with E-state index < -0.39 is 5.41 Å². The van der Waals surface area contributed by atoms with Crippen molar-refractivity contribution in [1.29, 1.82) is 0 Å². The Hall–Kier alpha value is -7.43. The molecule has 0 atom stereocenters. The molecule has 0 bridgehead atoms. The maximum absolute atomic E-state index is 5.65. The molecule has 4 nitrogen and oxygen atoms in total. The van der Waals surface area contributed by atoms with Gasteiger partial charge in [0.25, 0.3) is 0 Å². The molecule has 262 valence electrons. The zero-order valence-electron chi connectivity index (χ0n) is 30.4. The molecule has 0 aliphatic heterocycles. The maximum Gasteiger partial charge on any atom is 0.164 e. The Morgan fingerprint density at radius 1 is 0.357 bits per heavy atom. The number of fused-ring (bicyclic) bond motifs is 6. The minimum absolute atomic E-state index is 0.636. The highest BCUT2D eigenvalue weighted by molar-refractivity contribution is 6.15. The number of benzene rings is 8. The van der Waals surface area contributed by atoms with Crippen LogP contribution in [0, 0.1) is 0 Å². The Morgan fingerprint density at radius 3 is 1.57 bits per heavy atom. The molecular formula is C52H34N4. The molecule has 10 aromatic rings. The average molecular weight is 715 g/mol. The highest BCUT2D eigenvalue weighted by Crippen LogP contribution is 2.55. The minimum atomic E-state index is -0.824. The van der Waals surface area contributed by atoms with Gasteiger partial charge in [-0.15, -0.1) is 0 Å². The quantitative estimate of drug-likeness (QED) is 0.172. The molecule has 56 heavy (non-hydrogen) atoms. The Balaban J connectivity index is 1.24. The molecule has 4 heteroatoms. The van der Waals surface area contributed by atoms with Crippen LogP contribution in [0.25, 0.3) is 72.5 Å². The molecule has 0 amide bonds. The summed E-state index contributed by atoms with van der Waals surface area (Å²) in [6, 6.07) is 73.0. The van der Waals surface area contributed by atoms with Crippen LogP contribution in [-0.2, 0) is 5.41 Å². The fraction of sp³-hybridized carbons (Fsp3) is 0.0192. The molecule has 2 aromatic heterocycles. The summed E-state index contributed by atoms with van der Waals surface area (Å²) in [7, 11) is 0. The summed E-state index contributed by atoms with van der Waals surface area (Å²) >= 11 is 0. The second kappa shape index (κ2) is 12.9. The van der Waals surface area contributed by atoms with E-state index in [0.29, 0.717) is 17.5 Å². The molecule has 0 saturated carbocycles. The SMILES string of the molecule is c1ccc(-c2ccc(C3(c4nc(-c5ccccc5)nc(-c5cccc6c5c5ccccc5n6-c5ccccc5)n4)c4ccccc4-c4ccccc43)cc2)cc1. The van der Waals surface area contributed by atoms with E-state index in [4.69, 9.17) is 15.0 Å². The zero-order valence-corrected chi connectivity index (χ0v) is 30.4. The number of hydrogen-bond acceptors (Lipinski definition) is 3. The summed E-state index contributed by atoms with van der Waals surface area (Å²) < 4.78 is 2.34. The highest BCUT2D eigenvalue weighted by atomic mass is 15.1. The summed E-state index contributed by atoms with van der Waals surface area (Å²) in [4.78, 5) is 16.5. The van der Waals surface area contributed by atoms with Crippen LogP contribution < -0.4 is 0 Å². The van der Waals surface area contributed by atoms with Crippen molar-refractivity contribution < 1.29 is 0 Å². The summed E-state index contributed by atoms with van der Waals surface area (Å²) in [6.07, 6.45) is 0. The van der Waals surface area contributed by atoms with Gasteiger partial charge in [-0.05, 0) is 63.2 Å². The number of hydrogen-bond donors (Lipinski definition) is 0. The number of para-hydroxylation sites is 2. The van der Waals surface area contributed by atoms with E-state index >= 15 is 0 Å². The van der Waals surface area contributed by atoms with E-state index in [2.05, 4.69) is 193 Å². The third-order valence-electron chi connectivity index (χ3n) is 11.3. The van der Waals surface area contributed by atoms with Gasteiger partial charge in [-0.25, -0.2) is 15.0 Å². The van der Waals surface area contributed by atoms with Crippen LogP contribution in [0.4, 0.5) is 0 Å². The number of nitrogens with zero attached hydrogens (tertiary/aromatic N) is 4. The number of rotatable bonds is 6. The monoisotopic (exact) mass is 714 g/mol. The average Bonchev–Trinajstić information content (AvgIpc) is 3.78. The largest absolute Gasteiger partial charge is 0.309 e. The lowest BCUT2D eigenvalue weighted by atomic mass is 9.71. The summed E-state index contributed by atoms with van der Waals surface area (Å²) in [6.45, 7) is 0. The predicted molar refractivity (Wildman–Crippen MR) is 228 cm³/mol. The molecule has 0 N–H and O–H groups in total. The summed E-state index contributed by atoms with van der Waals surface area (Å²) in [5, 5.41) is 2.25. The molecule has 0 unspecified atom stereocenters. The molecule has 8 aromatic carbocycles. The Kier molecular flexibility index (Phi) is 7.36. The van der Waals surface area contributed by atoms with Gasteiger partial charge in [-0.1, -0.05) is 182 Å². The van der Waals surface area contributed by atoms with Crippen molar-refractivity contribution in [1.82, 2.24) is 19.5 Å². The van der Waals surface area contributed by atoms with Gasteiger partial charge in [0.05, 0.1) is 11.0 Å². The van der Waals surface area contributed by atoms with Gasteiger partial charge in [0.1, 0.15) is 5.41 Å². The van der Waals surface area contributed by atoms with E-state index in [1.165, 1.54) is 16.7 Å². The Labute approximate surface area is 325 Å². The first-order valence-electron chi connectivity index (χ1n) is 19.0. The van der Waals surface area contributed by atoms with Crippen molar-refractivity contribution in [3.05, 3.63) is 229 Å². The van der Waals surface area contributed by atoms with Crippen molar-refractivity contribution in [2.24, 2.45) is 0 Å². The molecule has 0 fully saturated rings. The van der Waals surface area contributed by atoms with Crippen molar-refractivity contribution in [2.45, 2.75) is 5.41 Å². The predicted octanol–water partition coefficient (Wildman–Crippen LogP) is 12.3. The first-order chi connectivity index (χ1) is 27.8. The lowest BCUT2D eigenvalue weighted by Gasteiger charge is -2.32. The van der Waals surface area contributed by atoms with Gasteiger partial charge in [0.15, 0.2) is 17.5 Å². The second-order valence-corrected chi connectivity index (χ2v) is 14.3. The maximum atomic E-state index is 5.65. The van der Waals surface area contributed by atoms with Gasteiger partial charge in [-0.3, -0.25) is 0 Å². The molecule has 11 rings (SSSR count). The summed E-state index contributed by atoms with van der Waals surface area (Å²) in [5.74, 6) is 1.96. The lowest BCUT2D eigenvalue weighted by Crippen LogP contribution is -2.31. The van der Waals surface area contributed by atoms with Crippen molar-refractivity contribution in [3.8, 4) is 50.7 Å². The van der Waals surface area contributed by atoms with Crippen molar-refractivity contribution in [3.63, 3.8) is 0 Å². The molecule has 0 radical (unpaired) electrons. The van der Waals surface area contributed by atoms with E-state index in [-0.39, 0.29) is 0 Å². The third kappa shape index (κ3) is 4.83. The van der Waals surface area contributed by atoms with Gasteiger partial charge in [0, 0.05) is 27.6 Å². The first-order valence-corrected chi connectivity index (χ1v) is 19.0. The van der Waals surface area contributed by atoms with Crippen LogP contribution in [-0.4, -0.2) is 19.5 Å². The molecule has 1 aliphatic carbocycles. The van der Waals surface area contributed by atoms with Crippen LogP contribution in [0.2, 0.25) is 0 Å². The highest BCUT2D eigenvalue weighted by Gasteiger charge is 2.49. The lowest BCUT2D eigenvalue weighted by molar-refractivity contribution is 0.692. The minimum Gasteiger partial charge on any atom is -0.309 e.